The molecule has 1 saturated heterocycles. The van der Waals surface area contributed by atoms with Gasteiger partial charge in [0.25, 0.3) is 0 Å². The number of aliphatic hydroxyl groups excluding tert-OH is 2. The fourth-order valence-electron chi connectivity index (χ4n) is 7.38. The molecule has 4 rings (SSSR count). The van der Waals surface area contributed by atoms with E-state index in [1.807, 2.05) is 13.8 Å². The van der Waals surface area contributed by atoms with E-state index in [1.165, 1.54) is 12.5 Å². The van der Waals surface area contributed by atoms with Gasteiger partial charge in [0.05, 0.1) is 11.7 Å². The molecule has 3 saturated carbocycles. The van der Waals surface area contributed by atoms with E-state index in [1.54, 1.807) is 6.92 Å². The molecule has 33 heavy (non-hydrogen) atoms. The van der Waals surface area contributed by atoms with Crippen LogP contribution < -0.4 is 0 Å². The smallest absolute Gasteiger partial charge is 0.331 e. The van der Waals surface area contributed by atoms with Crippen LogP contribution in [0.1, 0.15) is 80.6 Å². The highest BCUT2D eigenvalue weighted by Gasteiger charge is 2.67. The van der Waals surface area contributed by atoms with Crippen LogP contribution in [-0.2, 0) is 19.0 Å². The van der Waals surface area contributed by atoms with Gasteiger partial charge in [-0.2, -0.15) is 0 Å². The van der Waals surface area contributed by atoms with Crippen molar-refractivity contribution < 1.29 is 29.2 Å². The van der Waals surface area contributed by atoms with Crippen molar-refractivity contribution in [2.45, 2.75) is 117 Å². The van der Waals surface area contributed by atoms with Gasteiger partial charge in [0, 0.05) is 6.08 Å². The van der Waals surface area contributed by atoms with Crippen molar-refractivity contribution in [3.8, 4) is 0 Å². The van der Waals surface area contributed by atoms with Gasteiger partial charge in [-0.15, -0.1) is 0 Å². The number of rotatable bonds is 5. The molecule has 2 N–H and O–H groups in total. The molecule has 4 aliphatic rings. The molecule has 0 aromatic heterocycles. The van der Waals surface area contributed by atoms with Crippen molar-refractivity contribution in [1.82, 2.24) is 0 Å². The normalized spacial score (nSPS) is 49.1. The molecule has 11 atom stereocenters. The van der Waals surface area contributed by atoms with Crippen molar-refractivity contribution in [2.24, 2.45) is 35.0 Å². The van der Waals surface area contributed by atoms with Gasteiger partial charge in [0.2, 0.25) is 0 Å². The molecule has 1 aliphatic heterocycles. The van der Waals surface area contributed by atoms with Crippen LogP contribution in [0.3, 0.4) is 0 Å². The highest BCUT2D eigenvalue weighted by molar-refractivity contribution is 5.82. The molecular weight excluding hydrogens is 420 g/mol. The average molecular weight is 465 g/mol. The van der Waals surface area contributed by atoms with Crippen LogP contribution in [0.15, 0.2) is 11.6 Å². The number of ether oxygens (including phenoxy) is 3. The molecule has 0 aromatic rings. The summed E-state index contributed by atoms with van der Waals surface area (Å²) in [6, 6.07) is 0. The zero-order valence-corrected chi connectivity index (χ0v) is 21.4. The monoisotopic (exact) mass is 464 g/mol. The van der Waals surface area contributed by atoms with Gasteiger partial charge in [-0.3, -0.25) is 0 Å². The van der Waals surface area contributed by atoms with Gasteiger partial charge in [-0.25, -0.2) is 4.79 Å². The van der Waals surface area contributed by atoms with E-state index in [4.69, 9.17) is 14.2 Å². The van der Waals surface area contributed by atoms with E-state index in [-0.39, 0.29) is 0 Å². The van der Waals surface area contributed by atoms with Crippen LogP contribution in [0, 0.1) is 35.0 Å². The zero-order chi connectivity index (χ0) is 24.3. The van der Waals surface area contributed by atoms with Crippen LogP contribution in [0.5, 0.6) is 0 Å². The van der Waals surface area contributed by atoms with E-state index in [2.05, 4.69) is 27.7 Å². The summed E-state index contributed by atoms with van der Waals surface area (Å²) in [5, 5.41) is 21.3. The van der Waals surface area contributed by atoms with Gasteiger partial charge in [0.15, 0.2) is 12.4 Å². The molecule has 4 fully saturated rings. The van der Waals surface area contributed by atoms with Crippen molar-refractivity contribution in [3.05, 3.63) is 11.6 Å². The molecule has 0 amide bonds. The molecule has 6 heteroatoms. The molecule has 0 unspecified atom stereocenters. The van der Waals surface area contributed by atoms with Crippen LogP contribution in [0.4, 0.5) is 0 Å². The highest BCUT2D eigenvalue weighted by Crippen LogP contribution is 2.71. The Bertz CT molecular complexity index is 777. The Morgan fingerprint density at radius 3 is 2.45 bits per heavy atom. The molecule has 1 heterocycles. The number of aliphatic hydroxyl groups is 2. The fraction of sp³-hybridized carbons (Fsp3) is 0.889. The third kappa shape index (κ3) is 4.41. The highest BCUT2D eigenvalue weighted by atomic mass is 16.7. The van der Waals surface area contributed by atoms with Gasteiger partial charge in [-0.05, 0) is 81.5 Å². The standard InChI is InChI=1S/C27H44O6/c1-8-14(2)13-19(28)32-24-23(30)22(29)16(4)31-25(24)33-27(7)12-11-18-21(26(18,5)6)20-15(3)9-10-17(20)27/h13,15-18,20-25,29-30H,8-12H2,1-7H3/b14-13+/t15-,16-,17+,18-,20-,21-,22-,23-,24+,25+,27-/m1/s1. The Balaban J connectivity index is 1.57. The van der Waals surface area contributed by atoms with Crippen LogP contribution in [0.25, 0.3) is 0 Å². The fourth-order valence-corrected chi connectivity index (χ4v) is 7.38. The lowest BCUT2D eigenvalue weighted by molar-refractivity contribution is -0.328. The summed E-state index contributed by atoms with van der Waals surface area (Å²) in [5.74, 6) is 2.61. The van der Waals surface area contributed by atoms with E-state index >= 15 is 0 Å². The summed E-state index contributed by atoms with van der Waals surface area (Å²) in [5.41, 5.74) is 0.865. The Hall–Kier alpha value is -0.950. The van der Waals surface area contributed by atoms with Crippen LogP contribution in [0.2, 0.25) is 0 Å². The first-order valence-corrected chi connectivity index (χ1v) is 13.0. The number of fused-ring (bicyclic) bond motifs is 3. The second-order valence-corrected chi connectivity index (χ2v) is 12.1. The summed E-state index contributed by atoms with van der Waals surface area (Å²) in [7, 11) is 0. The molecule has 188 valence electrons. The first-order chi connectivity index (χ1) is 15.4. The lowest BCUT2D eigenvalue weighted by Gasteiger charge is -2.47. The second kappa shape index (κ2) is 8.92. The summed E-state index contributed by atoms with van der Waals surface area (Å²) >= 11 is 0. The topological polar surface area (TPSA) is 85.2 Å². The van der Waals surface area contributed by atoms with E-state index in [0.29, 0.717) is 23.2 Å². The van der Waals surface area contributed by atoms with E-state index in [0.717, 1.165) is 43.1 Å². The van der Waals surface area contributed by atoms with Gasteiger partial charge >= 0.3 is 5.97 Å². The first kappa shape index (κ1) is 25.2. The molecule has 3 aliphatic carbocycles. The van der Waals surface area contributed by atoms with Crippen molar-refractivity contribution in [2.75, 3.05) is 0 Å². The average Bonchev–Trinajstić information content (AvgIpc) is 3.12. The minimum atomic E-state index is -1.27. The Kier molecular flexibility index (Phi) is 6.80. The minimum absolute atomic E-state index is 0.403. The minimum Gasteiger partial charge on any atom is -0.451 e. The largest absolute Gasteiger partial charge is 0.451 e. The van der Waals surface area contributed by atoms with Gasteiger partial charge in [0.1, 0.15) is 12.2 Å². The Morgan fingerprint density at radius 1 is 1.09 bits per heavy atom. The van der Waals surface area contributed by atoms with Crippen molar-refractivity contribution >= 4 is 5.97 Å². The van der Waals surface area contributed by atoms with Gasteiger partial charge in [-0.1, -0.05) is 39.7 Å². The van der Waals surface area contributed by atoms with E-state index < -0.39 is 42.3 Å². The number of hydrogen-bond acceptors (Lipinski definition) is 6. The maximum Gasteiger partial charge on any atom is 0.331 e. The molecule has 0 radical (unpaired) electrons. The Labute approximate surface area is 199 Å². The number of esters is 1. The number of carbonyl (C=O) groups excluding carboxylic acids is 1. The summed E-state index contributed by atoms with van der Waals surface area (Å²) in [6.07, 6.45) is 1.52. The summed E-state index contributed by atoms with van der Waals surface area (Å²) < 4.78 is 18.4. The summed E-state index contributed by atoms with van der Waals surface area (Å²) in [6.45, 7) is 14.9. The van der Waals surface area contributed by atoms with Gasteiger partial charge < -0.3 is 24.4 Å². The third-order valence-electron chi connectivity index (χ3n) is 9.69. The van der Waals surface area contributed by atoms with Crippen molar-refractivity contribution in [3.63, 3.8) is 0 Å². The quantitative estimate of drug-likeness (QED) is 0.468. The van der Waals surface area contributed by atoms with Crippen molar-refractivity contribution in [1.29, 1.82) is 0 Å². The first-order valence-electron chi connectivity index (χ1n) is 13.0. The number of carbonyl (C=O) groups is 1. The molecular formula is C27H44O6. The van der Waals surface area contributed by atoms with Crippen LogP contribution >= 0.6 is 0 Å². The maximum absolute atomic E-state index is 12.5. The number of allylic oxidation sites excluding steroid dienone is 1. The third-order valence-corrected chi connectivity index (χ3v) is 9.69. The predicted octanol–water partition coefficient (Wildman–Crippen LogP) is 4.22. The summed E-state index contributed by atoms with van der Waals surface area (Å²) in [4.78, 5) is 12.5. The predicted molar refractivity (Wildman–Crippen MR) is 125 cm³/mol. The Morgan fingerprint density at radius 2 is 1.79 bits per heavy atom. The lowest BCUT2D eigenvalue weighted by Crippen LogP contribution is -2.61. The molecule has 6 nitrogen and oxygen atoms in total. The molecule has 0 aromatic carbocycles. The number of hydrogen-bond donors (Lipinski definition) is 2. The second-order valence-electron chi connectivity index (χ2n) is 12.1. The van der Waals surface area contributed by atoms with Crippen LogP contribution in [-0.4, -0.2) is 52.5 Å². The zero-order valence-electron chi connectivity index (χ0n) is 21.4. The molecule has 0 bridgehead atoms. The van der Waals surface area contributed by atoms with E-state index in [9.17, 15) is 15.0 Å². The molecule has 0 spiro atoms. The SMILES string of the molecule is CC/C(C)=C/C(=O)O[C@@H]1[C@H](O[C@]2(C)CC[C@@H]3[C@H]([C@@H]4[C@H](C)CC[C@@H]42)C3(C)C)O[C@H](C)[C@@H](O)[C@H]1O. The maximum atomic E-state index is 12.5. The lowest BCUT2D eigenvalue weighted by atomic mass is 9.74.